The topological polar surface area (TPSA) is 142 Å². The lowest BCUT2D eigenvalue weighted by atomic mass is 10.0. The lowest BCUT2D eigenvalue weighted by Gasteiger charge is -2.25. The molecule has 0 heterocycles. The van der Waals surface area contributed by atoms with Crippen LogP contribution in [0, 0.1) is 5.92 Å². The molecular weight excluding hydrogens is 322 g/mol. The highest BCUT2D eigenvalue weighted by molar-refractivity contribution is 7.98. The molecule has 0 aliphatic carbocycles. The molecule has 0 saturated carbocycles. The van der Waals surface area contributed by atoms with Gasteiger partial charge in [0.25, 0.3) is 0 Å². The molecule has 0 spiro atoms. The van der Waals surface area contributed by atoms with E-state index in [-0.39, 0.29) is 5.92 Å². The van der Waals surface area contributed by atoms with Gasteiger partial charge in [0, 0.05) is 0 Å². The van der Waals surface area contributed by atoms with Gasteiger partial charge in [0.05, 0.1) is 12.1 Å². The lowest BCUT2D eigenvalue weighted by Crippen LogP contribution is -2.58. The number of aliphatic hydroxyl groups excluding tert-OH is 1. The van der Waals surface area contributed by atoms with E-state index in [1.165, 1.54) is 18.7 Å². The van der Waals surface area contributed by atoms with Gasteiger partial charge in [0.1, 0.15) is 12.1 Å². The smallest absolute Gasteiger partial charge is 0.326 e. The second-order valence-corrected chi connectivity index (χ2v) is 6.67. The fourth-order valence-corrected chi connectivity index (χ4v) is 2.29. The van der Waals surface area contributed by atoms with Gasteiger partial charge in [0.15, 0.2) is 0 Å². The van der Waals surface area contributed by atoms with Crippen LogP contribution in [0.15, 0.2) is 0 Å². The first-order valence-electron chi connectivity index (χ1n) is 7.37. The zero-order valence-corrected chi connectivity index (χ0v) is 14.7. The van der Waals surface area contributed by atoms with Crippen LogP contribution in [0.1, 0.15) is 27.2 Å². The molecule has 4 atom stereocenters. The third-order valence-electron chi connectivity index (χ3n) is 3.26. The van der Waals surface area contributed by atoms with Gasteiger partial charge >= 0.3 is 5.97 Å². The number of hydrogen-bond donors (Lipinski definition) is 5. The van der Waals surface area contributed by atoms with Crippen LogP contribution >= 0.6 is 11.8 Å². The molecule has 0 aliphatic heterocycles. The number of nitrogens with one attached hydrogen (secondary N) is 2. The zero-order valence-electron chi connectivity index (χ0n) is 13.9. The minimum Gasteiger partial charge on any atom is -0.480 e. The first kappa shape index (κ1) is 21.7. The second kappa shape index (κ2) is 10.5. The van der Waals surface area contributed by atoms with Gasteiger partial charge in [0.2, 0.25) is 11.8 Å². The van der Waals surface area contributed by atoms with Crippen molar-refractivity contribution < 1.29 is 24.6 Å². The molecule has 0 aromatic heterocycles. The maximum absolute atomic E-state index is 12.2. The number of amides is 2. The van der Waals surface area contributed by atoms with Crippen LogP contribution in [0.4, 0.5) is 0 Å². The molecule has 134 valence electrons. The van der Waals surface area contributed by atoms with Gasteiger partial charge in [-0.3, -0.25) is 9.59 Å². The lowest BCUT2D eigenvalue weighted by molar-refractivity contribution is -0.144. The monoisotopic (exact) mass is 349 g/mol. The van der Waals surface area contributed by atoms with Gasteiger partial charge < -0.3 is 26.6 Å². The van der Waals surface area contributed by atoms with Crippen LogP contribution in [0.25, 0.3) is 0 Å². The largest absolute Gasteiger partial charge is 0.480 e. The number of hydrogen-bond acceptors (Lipinski definition) is 6. The van der Waals surface area contributed by atoms with E-state index in [0.717, 1.165) is 0 Å². The Morgan fingerprint density at radius 2 is 1.61 bits per heavy atom. The van der Waals surface area contributed by atoms with Crippen molar-refractivity contribution in [1.29, 1.82) is 0 Å². The molecule has 0 radical (unpaired) electrons. The summed E-state index contributed by atoms with van der Waals surface area (Å²) in [6.07, 6.45) is 1.13. The summed E-state index contributed by atoms with van der Waals surface area (Å²) in [4.78, 5) is 35.3. The van der Waals surface area contributed by atoms with E-state index in [1.807, 2.05) is 6.26 Å². The first-order chi connectivity index (χ1) is 10.6. The zero-order chi connectivity index (χ0) is 18.2. The average molecular weight is 349 g/mol. The Hall–Kier alpha value is -1.32. The third kappa shape index (κ3) is 7.67. The molecular formula is C14H27N3O5S. The molecule has 0 aromatic rings. The molecule has 0 saturated heterocycles. The van der Waals surface area contributed by atoms with Crippen LogP contribution in [0.5, 0.6) is 0 Å². The highest BCUT2D eigenvalue weighted by atomic mass is 32.2. The molecule has 8 nitrogen and oxygen atoms in total. The summed E-state index contributed by atoms with van der Waals surface area (Å²) in [5.74, 6) is -2.15. The molecule has 0 rings (SSSR count). The fraction of sp³-hybridized carbons (Fsp3) is 0.786. The van der Waals surface area contributed by atoms with Crippen LogP contribution in [-0.4, -0.2) is 64.2 Å². The number of thioether (sulfide) groups is 1. The van der Waals surface area contributed by atoms with Crippen LogP contribution in [-0.2, 0) is 14.4 Å². The Morgan fingerprint density at radius 1 is 1.09 bits per heavy atom. The predicted octanol–water partition coefficient (Wildman–Crippen LogP) is -0.842. The van der Waals surface area contributed by atoms with Crippen molar-refractivity contribution in [3.05, 3.63) is 0 Å². The van der Waals surface area contributed by atoms with Crippen LogP contribution < -0.4 is 16.4 Å². The van der Waals surface area contributed by atoms with Crippen molar-refractivity contribution in [1.82, 2.24) is 10.6 Å². The van der Waals surface area contributed by atoms with Crippen molar-refractivity contribution >= 4 is 29.5 Å². The van der Waals surface area contributed by atoms with Gasteiger partial charge in [-0.25, -0.2) is 4.79 Å². The summed E-state index contributed by atoms with van der Waals surface area (Å²) in [7, 11) is 0. The number of rotatable bonds is 10. The van der Waals surface area contributed by atoms with Crippen molar-refractivity contribution in [2.75, 3.05) is 12.0 Å². The molecule has 0 unspecified atom stereocenters. The minimum atomic E-state index is -1.26. The van der Waals surface area contributed by atoms with Crippen molar-refractivity contribution in [2.24, 2.45) is 11.7 Å². The number of nitrogens with two attached hydrogens (primary N) is 1. The van der Waals surface area contributed by atoms with Crippen LogP contribution in [0.3, 0.4) is 0 Å². The number of carbonyl (C=O) groups excluding carboxylic acids is 2. The van der Waals surface area contributed by atoms with Gasteiger partial charge in [-0.15, -0.1) is 0 Å². The summed E-state index contributed by atoms with van der Waals surface area (Å²) in [6.45, 7) is 4.63. The first-order valence-corrected chi connectivity index (χ1v) is 8.77. The Labute approximate surface area is 140 Å². The molecule has 0 bridgehead atoms. The number of aliphatic carboxylic acids is 1. The van der Waals surface area contributed by atoms with E-state index in [1.54, 1.807) is 13.8 Å². The summed E-state index contributed by atoms with van der Waals surface area (Å²) in [6, 6.07) is -3.16. The summed E-state index contributed by atoms with van der Waals surface area (Å²) >= 11 is 1.54. The Bertz CT molecular complexity index is 417. The minimum absolute atomic E-state index is 0.342. The number of aliphatic hydroxyl groups is 1. The standard InChI is InChI=1S/C14H27N3O5S/c1-7(2)10(14(21)22)16-13(20)11(8(3)18)17-12(19)9(15)5-6-23-4/h7-11,18H,5-6,15H2,1-4H3,(H,16,20)(H,17,19)(H,21,22)/t8-,9+,10+,11+/m1/s1. The van der Waals surface area contributed by atoms with Gasteiger partial charge in [-0.1, -0.05) is 13.8 Å². The maximum Gasteiger partial charge on any atom is 0.326 e. The predicted molar refractivity (Wildman–Crippen MR) is 89.0 cm³/mol. The normalized spacial score (nSPS) is 16.3. The third-order valence-corrected chi connectivity index (χ3v) is 3.91. The number of carboxylic acids is 1. The summed E-state index contributed by atoms with van der Waals surface area (Å²) < 4.78 is 0. The highest BCUT2D eigenvalue weighted by Gasteiger charge is 2.31. The van der Waals surface area contributed by atoms with Crippen molar-refractivity contribution in [3.63, 3.8) is 0 Å². The van der Waals surface area contributed by atoms with E-state index in [2.05, 4.69) is 10.6 Å². The molecule has 9 heteroatoms. The molecule has 0 aromatic carbocycles. The molecule has 6 N–H and O–H groups in total. The van der Waals surface area contributed by atoms with Gasteiger partial charge in [-0.05, 0) is 31.3 Å². The maximum atomic E-state index is 12.2. The number of carbonyl (C=O) groups is 3. The average Bonchev–Trinajstić information content (AvgIpc) is 2.45. The highest BCUT2D eigenvalue weighted by Crippen LogP contribution is 2.05. The van der Waals surface area contributed by atoms with Crippen molar-refractivity contribution in [3.8, 4) is 0 Å². The van der Waals surface area contributed by atoms with E-state index in [0.29, 0.717) is 12.2 Å². The molecule has 0 fully saturated rings. The van der Waals surface area contributed by atoms with E-state index in [4.69, 9.17) is 10.8 Å². The molecule has 23 heavy (non-hydrogen) atoms. The quantitative estimate of drug-likeness (QED) is 0.346. The van der Waals surface area contributed by atoms with E-state index >= 15 is 0 Å². The Balaban J connectivity index is 4.87. The van der Waals surface area contributed by atoms with Crippen LogP contribution in [0.2, 0.25) is 0 Å². The fourth-order valence-electron chi connectivity index (χ4n) is 1.80. The summed E-state index contributed by atoms with van der Waals surface area (Å²) in [5.41, 5.74) is 5.72. The molecule has 2 amide bonds. The summed E-state index contributed by atoms with van der Waals surface area (Å²) in [5, 5.41) is 23.5. The molecule has 0 aliphatic rings. The van der Waals surface area contributed by atoms with E-state index < -0.39 is 42.0 Å². The number of carboxylic acid groups (broad SMARTS) is 1. The SMILES string of the molecule is CSCC[C@H](N)C(=O)N[C@H](C(=O)N[C@H](C(=O)O)C(C)C)[C@@H](C)O. The van der Waals surface area contributed by atoms with Crippen molar-refractivity contribution in [2.45, 2.75) is 51.4 Å². The Kier molecular flexibility index (Phi) is 9.85. The second-order valence-electron chi connectivity index (χ2n) is 5.68. The van der Waals surface area contributed by atoms with Gasteiger partial charge in [-0.2, -0.15) is 11.8 Å². The van der Waals surface area contributed by atoms with E-state index in [9.17, 15) is 19.5 Å². The Morgan fingerprint density at radius 3 is 2.00 bits per heavy atom.